The summed E-state index contributed by atoms with van der Waals surface area (Å²) in [5.74, 6) is -4.40. The summed E-state index contributed by atoms with van der Waals surface area (Å²) in [6, 6.07) is -8.18. The number of aliphatic hydroxyl groups excluding tert-OH is 11. The second-order valence-corrected chi connectivity index (χ2v) is 23.4. The molecule has 518 valence electrons. The molecule has 0 bridgehead atoms. The second-order valence-electron chi connectivity index (χ2n) is 23.4. The van der Waals surface area contributed by atoms with Gasteiger partial charge in [0.25, 0.3) is 0 Å². The molecular formula is C58H99N5O27. The highest BCUT2D eigenvalue weighted by Crippen LogP contribution is 2.36. The summed E-state index contributed by atoms with van der Waals surface area (Å²) in [7, 11) is 0. The van der Waals surface area contributed by atoms with Crippen molar-refractivity contribution in [2.45, 2.75) is 285 Å². The van der Waals surface area contributed by atoms with E-state index in [-0.39, 0.29) is 6.42 Å². The van der Waals surface area contributed by atoms with E-state index in [0.29, 0.717) is 6.42 Å². The first-order valence-electron chi connectivity index (χ1n) is 31.1. The number of nitrogens with one attached hydrogen (secondary N) is 5. The van der Waals surface area contributed by atoms with Gasteiger partial charge in [0.15, 0.2) is 31.5 Å². The molecule has 0 spiro atoms. The summed E-state index contributed by atoms with van der Waals surface area (Å²) in [6.07, 6.45) is -17.6. The Morgan fingerprint density at radius 1 is 0.389 bits per heavy atom. The molecule has 0 aliphatic carbocycles. The summed E-state index contributed by atoms with van der Waals surface area (Å²) < 4.78 is 59.3. The van der Waals surface area contributed by atoms with Crippen molar-refractivity contribution in [3.05, 3.63) is 12.2 Å². The zero-order valence-electron chi connectivity index (χ0n) is 52.0. The van der Waals surface area contributed by atoms with E-state index in [1.54, 1.807) is 0 Å². The van der Waals surface area contributed by atoms with Crippen LogP contribution in [0.4, 0.5) is 0 Å². The van der Waals surface area contributed by atoms with Crippen molar-refractivity contribution in [3.8, 4) is 0 Å². The number of rotatable bonds is 34. The van der Waals surface area contributed by atoms with Crippen LogP contribution in [0.2, 0.25) is 0 Å². The van der Waals surface area contributed by atoms with Crippen molar-refractivity contribution in [1.82, 2.24) is 26.6 Å². The lowest BCUT2D eigenvalue weighted by Crippen LogP contribution is -2.72. The normalized spacial score (nSPS) is 37.2. The Labute approximate surface area is 522 Å². The summed E-state index contributed by atoms with van der Waals surface area (Å²) >= 11 is 0. The van der Waals surface area contributed by atoms with Crippen LogP contribution in [-0.2, 0) is 76.1 Å². The van der Waals surface area contributed by atoms with E-state index in [9.17, 15) is 84.9 Å². The van der Waals surface area contributed by atoms with Crippen LogP contribution < -0.4 is 26.6 Å². The maximum Gasteiger partial charge on any atom is 0.302 e. The van der Waals surface area contributed by atoms with E-state index in [2.05, 4.69) is 45.7 Å². The molecule has 90 heavy (non-hydrogen) atoms. The molecule has 32 nitrogen and oxygen atoms in total. The fourth-order valence-corrected chi connectivity index (χ4v) is 11.6. The standard InChI is InChI=1S/C58H99N5O27/c1-7-8-9-10-11-12-13-14-15-16-17-18-19-20-21-22-38(73)63-40-45(75)44(74)37(27-81-32(6)72)86-55(40)88-51-34(24-65)84-57(42(47(51)77)61-30(4)70)90-53-36(26-67)85-58(43(49(53)79)62-31(5)71)89-52-35(25-66)83-56(41(48(52)78)60-29(3)69)87-50-33(23-64)82-54(80)39(46(50)76)59-28(2)68/h12-13,33-37,39-58,64-67,74-80H,7-11,14-27H2,1-6H3,(H,59,68)(H,60,69)(H,61,70)(H,62,71)(H,63,73)/b13-12-/t33?,34?,35?,36?,37?,39?,40?,41?,42?,43?,44-,45?,46?,47?,48?,49?,50-,51-,52-,53-,54-,55+,56+,57+,58+/m1/s1. The van der Waals surface area contributed by atoms with E-state index in [4.69, 9.17) is 47.4 Å². The van der Waals surface area contributed by atoms with Gasteiger partial charge in [0, 0.05) is 41.0 Å². The number of hydrogen-bond donors (Lipinski definition) is 16. The Hall–Kier alpha value is -4.24. The topological polar surface area (TPSA) is 477 Å². The quantitative estimate of drug-likeness (QED) is 0.0164. The SMILES string of the molecule is CCCCCC/C=C\CCCCCCCCCC(=O)NC1C(O)[C@H](O)C(COC(C)=O)O[C@H]1O[C@@H]1C(CO)O[C@@H](O[C@@H]2C(CO)O[C@@H](O[C@@H]3C(CO)O[C@@H](O[C@@H]4C(CO)O[C@@H](O)C(NC(C)=O)C4O)C(NC(C)=O)C3O)C(NC(C)=O)C2O)C(NC(C)=O)C1O. The van der Waals surface area contributed by atoms with E-state index < -0.39 is 222 Å². The molecule has 16 N–H and O–H groups in total. The number of esters is 1. The molecule has 5 aliphatic heterocycles. The predicted octanol–water partition coefficient (Wildman–Crippen LogP) is -4.62. The van der Waals surface area contributed by atoms with E-state index in [1.165, 1.54) is 25.7 Å². The molecule has 5 rings (SSSR count). The number of amides is 5. The molecule has 25 atom stereocenters. The van der Waals surface area contributed by atoms with Gasteiger partial charge in [-0.3, -0.25) is 28.8 Å². The van der Waals surface area contributed by atoms with E-state index in [1.807, 2.05) is 0 Å². The number of allylic oxidation sites excluding steroid dienone is 2. The number of carbonyl (C=O) groups is 6. The van der Waals surface area contributed by atoms with Crippen molar-refractivity contribution in [3.63, 3.8) is 0 Å². The zero-order valence-corrected chi connectivity index (χ0v) is 52.0. The highest BCUT2D eigenvalue weighted by molar-refractivity contribution is 5.76. The van der Waals surface area contributed by atoms with Crippen LogP contribution in [0.5, 0.6) is 0 Å². The van der Waals surface area contributed by atoms with Gasteiger partial charge in [-0.05, 0) is 32.1 Å². The molecular weight excluding hydrogens is 1200 g/mol. The first kappa shape index (κ1) is 76.5. The van der Waals surface area contributed by atoms with Gasteiger partial charge in [-0.2, -0.15) is 0 Å². The third-order valence-electron chi connectivity index (χ3n) is 16.2. The number of unbranched alkanes of at least 4 members (excludes halogenated alkanes) is 11. The second kappa shape index (κ2) is 38.2. The van der Waals surface area contributed by atoms with Crippen molar-refractivity contribution in [2.24, 2.45) is 0 Å². The maximum atomic E-state index is 13.5. The Balaban J connectivity index is 1.31. The minimum absolute atomic E-state index is 0.00827. The van der Waals surface area contributed by atoms with Gasteiger partial charge >= 0.3 is 5.97 Å². The van der Waals surface area contributed by atoms with Gasteiger partial charge in [0.2, 0.25) is 29.5 Å². The van der Waals surface area contributed by atoms with Gasteiger partial charge in [-0.25, -0.2) is 0 Å². The first-order valence-corrected chi connectivity index (χ1v) is 31.1. The van der Waals surface area contributed by atoms with Crippen LogP contribution in [0.15, 0.2) is 12.2 Å². The molecule has 5 amide bonds. The van der Waals surface area contributed by atoms with Gasteiger partial charge in [0.1, 0.15) is 128 Å². The Morgan fingerprint density at radius 3 is 1.08 bits per heavy atom. The van der Waals surface area contributed by atoms with Gasteiger partial charge in [-0.1, -0.05) is 70.4 Å². The average molecular weight is 1300 g/mol. The fourth-order valence-electron chi connectivity index (χ4n) is 11.6. The molecule has 0 radical (unpaired) electrons. The average Bonchev–Trinajstić information content (AvgIpc) is 0.790. The molecule has 32 heteroatoms. The van der Waals surface area contributed by atoms with Crippen molar-refractivity contribution < 1.29 is 132 Å². The molecule has 0 aromatic rings. The zero-order chi connectivity index (χ0) is 66.4. The van der Waals surface area contributed by atoms with Crippen LogP contribution in [0.1, 0.15) is 131 Å². The Kier molecular flexibility index (Phi) is 32.5. The molecule has 0 aromatic carbocycles. The van der Waals surface area contributed by atoms with Gasteiger partial charge < -0.3 is 130 Å². The molecule has 0 saturated carbocycles. The molecule has 0 aromatic heterocycles. The lowest BCUT2D eigenvalue weighted by atomic mass is 9.93. The van der Waals surface area contributed by atoms with Crippen LogP contribution in [0.25, 0.3) is 0 Å². The monoisotopic (exact) mass is 1300 g/mol. The third-order valence-corrected chi connectivity index (χ3v) is 16.2. The first-order chi connectivity index (χ1) is 42.9. The van der Waals surface area contributed by atoms with Crippen LogP contribution >= 0.6 is 0 Å². The Morgan fingerprint density at radius 2 is 0.711 bits per heavy atom. The van der Waals surface area contributed by atoms with E-state index in [0.717, 1.165) is 86.0 Å². The molecule has 5 aliphatic rings. The fraction of sp³-hybridized carbons (Fsp3) is 0.862. The lowest BCUT2D eigenvalue weighted by molar-refractivity contribution is -0.367. The Bertz CT molecular complexity index is 2250. The lowest BCUT2D eigenvalue weighted by Gasteiger charge is -2.51. The number of carbonyl (C=O) groups excluding carboxylic acids is 6. The van der Waals surface area contributed by atoms with Crippen LogP contribution in [0.3, 0.4) is 0 Å². The number of hydrogen-bond acceptors (Lipinski definition) is 27. The molecule has 15 unspecified atom stereocenters. The predicted molar refractivity (Wildman–Crippen MR) is 308 cm³/mol. The highest BCUT2D eigenvalue weighted by atomic mass is 16.8. The van der Waals surface area contributed by atoms with Gasteiger partial charge in [-0.15, -0.1) is 0 Å². The number of ether oxygens (including phenoxy) is 10. The molecule has 5 heterocycles. The smallest absolute Gasteiger partial charge is 0.302 e. The summed E-state index contributed by atoms with van der Waals surface area (Å²) in [5, 5.41) is 135. The van der Waals surface area contributed by atoms with Crippen LogP contribution in [0, 0.1) is 0 Å². The van der Waals surface area contributed by atoms with Crippen molar-refractivity contribution >= 4 is 35.5 Å². The van der Waals surface area contributed by atoms with E-state index >= 15 is 0 Å². The minimum Gasteiger partial charge on any atom is -0.463 e. The van der Waals surface area contributed by atoms with Crippen LogP contribution in [-0.4, -0.2) is 278 Å². The van der Waals surface area contributed by atoms with Crippen molar-refractivity contribution in [1.29, 1.82) is 0 Å². The number of aliphatic hydroxyl groups is 11. The molecule has 5 fully saturated rings. The summed E-state index contributed by atoms with van der Waals surface area (Å²) in [4.78, 5) is 75.6. The molecule has 5 saturated heterocycles. The summed E-state index contributed by atoms with van der Waals surface area (Å²) in [5.41, 5.74) is 0. The largest absolute Gasteiger partial charge is 0.463 e. The highest BCUT2D eigenvalue weighted by Gasteiger charge is 2.58. The summed E-state index contributed by atoms with van der Waals surface area (Å²) in [6.45, 7) is 3.11. The third kappa shape index (κ3) is 21.9. The van der Waals surface area contributed by atoms with Gasteiger partial charge in [0.05, 0.1) is 26.4 Å². The minimum atomic E-state index is -2.02. The van der Waals surface area contributed by atoms with Crippen molar-refractivity contribution in [2.75, 3.05) is 33.0 Å². The maximum absolute atomic E-state index is 13.5.